The highest BCUT2D eigenvalue weighted by Gasteiger charge is 2.17. The second-order valence-corrected chi connectivity index (χ2v) is 4.07. The fraction of sp³-hybridized carbons (Fsp3) is 0.778. The SMILES string of the molecule is CN1CCC(Cn2ncc(N)n2)CC1. The van der Waals surface area contributed by atoms with Crippen molar-refractivity contribution in [3.05, 3.63) is 6.20 Å². The van der Waals surface area contributed by atoms with E-state index in [1.165, 1.54) is 25.9 Å². The van der Waals surface area contributed by atoms with Crippen molar-refractivity contribution in [3.63, 3.8) is 0 Å². The summed E-state index contributed by atoms with van der Waals surface area (Å²) in [6, 6.07) is 0. The smallest absolute Gasteiger partial charge is 0.165 e. The highest BCUT2D eigenvalue weighted by atomic mass is 15.5. The third-order valence-electron chi connectivity index (χ3n) is 2.81. The summed E-state index contributed by atoms with van der Waals surface area (Å²) in [5.41, 5.74) is 5.50. The van der Waals surface area contributed by atoms with E-state index >= 15 is 0 Å². The molecular weight excluding hydrogens is 178 g/mol. The normalized spacial score (nSPS) is 20.1. The average molecular weight is 195 g/mol. The molecule has 1 aromatic heterocycles. The van der Waals surface area contributed by atoms with Crippen molar-refractivity contribution in [2.45, 2.75) is 19.4 Å². The van der Waals surface area contributed by atoms with Crippen LogP contribution >= 0.6 is 0 Å². The zero-order valence-electron chi connectivity index (χ0n) is 8.56. The zero-order chi connectivity index (χ0) is 9.97. The molecule has 0 amide bonds. The summed E-state index contributed by atoms with van der Waals surface area (Å²) in [7, 11) is 2.17. The van der Waals surface area contributed by atoms with Crippen LogP contribution in [0.4, 0.5) is 5.82 Å². The summed E-state index contributed by atoms with van der Waals surface area (Å²) < 4.78 is 0. The summed E-state index contributed by atoms with van der Waals surface area (Å²) >= 11 is 0. The van der Waals surface area contributed by atoms with Gasteiger partial charge in [-0.05, 0) is 38.9 Å². The molecule has 0 aromatic carbocycles. The summed E-state index contributed by atoms with van der Waals surface area (Å²) in [4.78, 5) is 4.08. The van der Waals surface area contributed by atoms with Crippen molar-refractivity contribution in [2.24, 2.45) is 5.92 Å². The Morgan fingerprint density at radius 1 is 1.50 bits per heavy atom. The van der Waals surface area contributed by atoms with E-state index in [1.54, 1.807) is 11.0 Å². The van der Waals surface area contributed by atoms with Gasteiger partial charge >= 0.3 is 0 Å². The molecule has 0 aliphatic carbocycles. The van der Waals surface area contributed by atoms with Crippen molar-refractivity contribution in [1.82, 2.24) is 19.9 Å². The lowest BCUT2D eigenvalue weighted by molar-refractivity contribution is 0.196. The highest BCUT2D eigenvalue weighted by Crippen LogP contribution is 2.17. The van der Waals surface area contributed by atoms with E-state index in [1.807, 2.05) is 0 Å². The van der Waals surface area contributed by atoms with Crippen LogP contribution in [0, 0.1) is 5.92 Å². The van der Waals surface area contributed by atoms with Gasteiger partial charge in [-0.2, -0.15) is 9.90 Å². The molecule has 0 spiro atoms. The van der Waals surface area contributed by atoms with Crippen LogP contribution < -0.4 is 5.73 Å². The van der Waals surface area contributed by atoms with Gasteiger partial charge in [0, 0.05) is 0 Å². The molecule has 1 aromatic rings. The van der Waals surface area contributed by atoms with Crippen LogP contribution in [-0.4, -0.2) is 40.0 Å². The molecule has 1 aliphatic rings. The molecule has 1 aliphatic heterocycles. The van der Waals surface area contributed by atoms with Gasteiger partial charge in [0.05, 0.1) is 12.7 Å². The van der Waals surface area contributed by atoms with Crippen LogP contribution in [0.2, 0.25) is 0 Å². The maximum atomic E-state index is 5.50. The number of nitrogen functional groups attached to an aromatic ring is 1. The van der Waals surface area contributed by atoms with Crippen molar-refractivity contribution in [1.29, 1.82) is 0 Å². The predicted molar refractivity (Wildman–Crippen MR) is 54.7 cm³/mol. The molecular formula is C9H17N5. The molecule has 5 heteroatoms. The number of hydrogen-bond donors (Lipinski definition) is 1. The van der Waals surface area contributed by atoms with Crippen LogP contribution in [0.5, 0.6) is 0 Å². The van der Waals surface area contributed by atoms with Gasteiger partial charge in [0.25, 0.3) is 0 Å². The van der Waals surface area contributed by atoms with Crippen LogP contribution in [0.1, 0.15) is 12.8 Å². The van der Waals surface area contributed by atoms with Gasteiger partial charge in [0.15, 0.2) is 5.82 Å². The maximum absolute atomic E-state index is 5.50. The van der Waals surface area contributed by atoms with Crippen molar-refractivity contribution < 1.29 is 0 Å². The molecule has 0 bridgehead atoms. The van der Waals surface area contributed by atoms with Gasteiger partial charge in [-0.15, -0.1) is 5.10 Å². The monoisotopic (exact) mass is 195 g/mol. The fourth-order valence-electron chi connectivity index (χ4n) is 1.87. The topological polar surface area (TPSA) is 60.0 Å². The summed E-state index contributed by atoms with van der Waals surface area (Å²) in [5, 5.41) is 8.19. The quantitative estimate of drug-likeness (QED) is 0.732. The van der Waals surface area contributed by atoms with Crippen LogP contribution in [0.25, 0.3) is 0 Å². The van der Waals surface area contributed by atoms with E-state index in [9.17, 15) is 0 Å². The lowest BCUT2D eigenvalue weighted by Crippen LogP contribution is -2.32. The highest BCUT2D eigenvalue weighted by molar-refractivity contribution is 5.19. The number of anilines is 1. The minimum absolute atomic E-state index is 0.512. The minimum atomic E-state index is 0.512. The Morgan fingerprint density at radius 2 is 2.21 bits per heavy atom. The number of nitrogens with two attached hydrogens (primary N) is 1. The first-order chi connectivity index (χ1) is 6.74. The number of hydrogen-bond acceptors (Lipinski definition) is 4. The van der Waals surface area contributed by atoms with Crippen LogP contribution in [0.15, 0.2) is 6.20 Å². The van der Waals surface area contributed by atoms with E-state index < -0.39 is 0 Å². The van der Waals surface area contributed by atoms with Crippen molar-refractivity contribution in [2.75, 3.05) is 25.9 Å². The summed E-state index contributed by atoms with van der Waals surface area (Å²) in [6.45, 7) is 3.27. The van der Waals surface area contributed by atoms with Gasteiger partial charge < -0.3 is 10.6 Å². The predicted octanol–water partition coefficient (Wildman–Crippen LogP) is 0.202. The first-order valence-electron chi connectivity index (χ1n) is 5.08. The van der Waals surface area contributed by atoms with E-state index in [0.717, 1.165) is 6.54 Å². The van der Waals surface area contributed by atoms with Gasteiger partial charge in [0.1, 0.15) is 0 Å². The van der Waals surface area contributed by atoms with Gasteiger partial charge in [0.2, 0.25) is 0 Å². The van der Waals surface area contributed by atoms with Crippen molar-refractivity contribution in [3.8, 4) is 0 Å². The molecule has 78 valence electrons. The number of rotatable bonds is 2. The average Bonchev–Trinajstić information content (AvgIpc) is 2.56. The molecule has 1 fully saturated rings. The number of aromatic nitrogens is 3. The number of likely N-dealkylation sites (tertiary alicyclic amines) is 1. The third kappa shape index (κ3) is 2.23. The Bertz CT molecular complexity index is 287. The lowest BCUT2D eigenvalue weighted by Gasteiger charge is -2.28. The van der Waals surface area contributed by atoms with E-state index in [0.29, 0.717) is 11.7 Å². The first kappa shape index (κ1) is 9.45. The molecule has 2 rings (SSSR count). The van der Waals surface area contributed by atoms with Gasteiger partial charge in [-0.3, -0.25) is 0 Å². The molecule has 5 nitrogen and oxygen atoms in total. The molecule has 0 radical (unpaired) electrons. The molecule has 0 saturated carbocycles. The Balaban J connectivity index is 1.86. The van der Waals surface area contributed by atoms with Crippen LogP contribution in [-0.2, 0) is 6.54 Å². The standard InChI is InChI=1S/C9H17N5/c1-13-4-2-8(3-5-13)7-14-11-6-9(10)12-14/h6,8H,2-5,7H2,1H3,(H2,10,12). The van der Waals surface area contributed by atoms with Gasteiger partial charge in [-0.25, -0.2) is 0 Å². The molecule has 14 heavy (non-hydrogen) atoms. The van der Waals surface area contributed by atoms with E-state index in [4.69, 9.17) is 5.73 Å². The Labute approximate surface area is 83.9 Å². The van der Waals surface area contributed by atoms with E-state index in [2.05, 4.69) is 22.1 Å². The Kier molecular flexibility index (Phi) is 2.67. The van der Waals surface area contributed by atoms with E-state index in [-0.39, 0.29) is 0 Å². The first-order valence-corrected chi connectivity index (χ1v) is 5.08. The fourth-order valence-corrected chi connectivity index (χ4v) is 1.87. The minimum Gasteiger partial charge on any atom is -0.381 e. The molecule has 2 N–H and O–H groups in total. The largest absolute Gasteiger partial charge is 0.381 e. The molecule has 0 unspecified atom stereocenters. The number of nitrogens with zero attached hydrogens (tertiary/aromatic N) is 4. The number of piperidine rings is 1. The summed E-state index contributed by atoms with van der Waals surface area (Å²) in [5.74, 6) is 1.22. The Morgan fingerprint density at radius 3 is 2.79 bits per heavy atom. The third-order valence-corrected chi connectivity index (χ3v) is 2.81. The second-order valence-electron chi connectivity index (χ2n) is 4.07. The summed E-state index contributed by atoms with van der Waals surface area (Å²) in [6.07, 6.45) is 4.07. The maximum Gasteiger partial charge on any atom is 0.165 e. The lowest BCUT2D eigenvalue weighted by atomic mass is 9.97. The van der Waals surface area contributed by atoms with Gasteiger partial charge in [-0.1, -0.05) is 0 Å². The Hall–Kier alpha value is -1.10. The van der Waals surface area contributed by atoms with Crippen molar-refractivity contribution >= 4 is 5.82 Å². The zero-order valence-corrected chi connectivity index (χ0v) is 8.56. The second kappa shape index (κ2) is 3.96. The van der Waals surface area contributed by atoms with Crippen LogP contribution in [0.3, 0.4) is 0 Å². The molecule has 2 heterocycles. The molecule has 1 saturated heterocycles. The molecule has 0 atom stereocenters.